The van der Waals surface area contributed by atoms with Gasteiger partial charge in [-0.2, -0.15) is 0 Å². The zero-order chi connectivity index (χ0) is 29.4. The molecule has 1 aromatic heterocycles. The number of hydrogen-bond acceptors (Lipinski definition) is 8. The SMILES string of the molecule is CNC(=O)[C@H](Cc1c[nH]c2ccccc12)NC(=O)[C@@H](CC(=O)NNc1ccc([N+](=O)[O-])cc1[N+](=O)[O-])CC(C)C. The molecule has 3 amide bonds. The maximum atomic E-state index is 13.3. The summed E-state index contributed by atoms with van der Waals surface area (Å²) in [6.07, 6.45) is 2.08. The van der Waals surface area contributed by atoms with Crippen molar-refractivity contribution in [2.24, 2.45) is 11.8 Å². The molecule has 1 heterocycles. The van der Waals surface area contributed by atoms with Gasteiger partial charge in [0.15, 0.2) is 0 Å². The average molecular weight is 554 g/mol. The van der Waals surface area contributed by atoms with Crippen molar-refractivity contribution < 1.29 is 24.2 Å². The lowest BCUT2D eigenvalue weighted by Gasteiger charge is -2.23. The van der Waals surface area contributed by atoms with Gasteiger partial charge in [-0.05, 0) is 30.0 Å². The molecule has 0 unspecified atom stereocenters. The van der Waals surface area contributed by atoms with Crippen molar-refractivity contribution in [3.05, 3.63) is 74.5 Å². The van der Waals surface area contributed by atoms with E-state index in [9.17, 15) is 34.6 Å². The minimum absolute atomic E-state index is 0.0411. The highest BCUT2D eigenvalue weighted by molar-refractivity contribution is 5.92. The third kappa shape index (κ3) is 7.52. The van der Waals surface area contributed by atoms with Crippen molar-refractivity contribution in [2.75, 3.05) is 12.5 Å². The molecule has 0 spiro atoms. The molecule has 0 saturated carbocycles. The van der Waals surface area contributed by atoms with Gasteiger partial charge < -0.3 is 15.6 Å². The molecule has 14 nitrogen and oxygen atoms in total. The van der Waals surface area contributed by atoms with Crippen LogP contribution in [-0.2, 0) is 20.8 Å². The van der Waals surface area contributed by atoms with Crippen LogP contribution in [0.25, 0.3) is 10.9 Å². The summed E-state index contributed by atoms with van der Waals surface area (Å²) < 4.78 is 0. The zero-order valence-corrected chi connectivity index (χ0v) is 22.2. The van der Waals surface area contributed by atoms with Gasteiger partial charge in [-0.15, -0.1) is 0 Å². The molecule has 0 aliphatic heterocycles. The van der Waals surface area contributed by atoms with Gasteiger partial charge in [0.05, 0.1) is 15.9 Å². The van der Waals surface area contributed by atoms with Crippen LogP contribution in [0.1, 0.15) is 32.3 Å². The van der Waals surface area contributed by atoms with Gasteiger partial charge in [-0.1, -0.05) is 32.0 Å². The Bertz CT molecular complexity index is 1420. The number of amides is 3. The molecular formula is C26H31N7O7. The maximum absolute atomic E-state index is 13.3. The summed E-state index contributed by atoms with van der Waals surface area (Å²) in [4.78, 5) is 62.5. The molecule has 212 valence electrons. The lowest BCUT2D eigenvalue weighted by atomic mass is 9.92. The molecule has 0 bridgehead atoms. The number of nitro groups is 2. The molecule has 5 N–H and O–H groups in total. The highest BCUT2D eigenvalue weighted by Crippen LogP contribution is 2.28. The Hall–Kier alpha value is -5.01. The number of nitro benzene ring substituents is 2. The van der Waals surface area contributed by atoms with Crippen LogP contribution in [0.5, 0.6) is 0 Å². The van der Waals surface area contributed by atoms with Gasteiger partial charge in [0.25, 0.3) is 5.69 Å². The zero-order valence-electron chi connectivity index (χ0n) is 22.2. The Morgan fingerprint density at radius 1 is 1.00 bits per heavy atom. The van der Waals surface area contributed by atoms with Gasteiger partial charge in [0, 0.05) is 49.0 Å². The summed E-state index contributed by atoms with van der Waals surface area (Å²) in [5.74, 6) is -2.28. The number of aromatic nitrogens is 1. The topological polar surface area (TPSA) is 201 Å². The predicted molar refractivity (Wildman–Crippen MR) is 147 cm³/mol. The molecule has 40 heavy (non-hydrogen) atoms. The van der Waals surface area contributed by atoms with E-state index in [1.54, 1.807) is 6.20 Å². The number of aromatic amines is 1. The Morgan fingerprint density at radius 2 is 1.73 bits per heavy atom. The Labute approximate surface area is 229 Å². The number of benzene rings is 2. The van der Waals surface area contributed by atoms with Crippen LogP contribution in [-0.4, -0.2) is 45.6 Å². The molecule has 0 aliphatic carbocycles. The fourth-order valence-corrected chi connectivity index (χ4v) is 4.35. The van der Waals surface area contributed by atoms with E-state index in [0.717, 1.165) is 34.7 Å². The van der Waals surface area contributed by atoms with Crippen LogP contribution in [0.4, 0.5) is 17.1 Å². The molecule has 0 radical (unpaired) electrons. The lowest BCUT2D eigenvalue weighted by Crippen LogP contribution is -2.49. The summed E-state index contributed by atoms with van der Waals surface area (Å²) in [6.45, 7) is 3.78. The number of likely N-dealkylation sites (N-methyl/N-ethyl adjacent to an activating group) is 1. The van der Waals surface area contributed by atoms with E-state index in [1.165, 1.54) is 7.05 Å². The lowest BCUT2D eigenvalue weighted by molar-refractivity contribution is -0.393. The largest absolute Gasteiger partial charge is 0.361 e. The standard InChI is InChI=1S/C26H31N7O7/c1-15(2)10-16(12-24(34)31-30-21-9-8-18(32(37)38)13-23(21)33(39)40)25(35)29-22(26(36)27-3)11-17-14-28-20-7-5-4-6-19(17)20/h4-9,13-16,22,28,30H,10-12H2,1-3H3,(H,27,36)(H,29,35)(H,31,34)/t16-,22+/m1/s1. The van der Waals surface area contributed by atoms with E-state index in [2.05, 4.69) is 26.5 Å². The number of nitrogens with one attached hydrogen (secondary N) is 5. The second kappa shape index (κ2) is 13.2. The summed E-state index contributed by atoms with van der Waals surface area (Å²) in [5, 5.41) is 28.5. The monoisotopic (exact) mass is 553 g/mol. The van der Waals surface area contributed by atoms with Crippen molar-refractivity contribution in [3.63, 3.8) is 0 Å². The fourth-order valence-electron chi connectivity index (χ4n) is 4.35. The van der Waals surface area contributed by atoms with Gasteiger partial charge in [0.2, 0.25) is 17.7 Å². The van der Waals surface area contributed by atoms with E-state index < -0.39 is 50.9 Å². The molecule has 3 aromatic rings. The first-order valence-electron chi connectivity index (χ1n) is 12.5. The van der Waals surface area contributed by atoms with Gasteiger partial charge >= 0.3 is 5.69 Å². The van der Waals surface area contributed by atoms with E-state index in [0.29, 0.717) is 6.42 Å². The number of fused-ring (bicyclic) bond motifs is 1. The normalized spacial score (nSPS) is 12.4. The molecule has 2 aromatic carbocycles. The van der Waals surface area contributed by atoms with Crippen molar-refractivity contribution in [1.82, 2.24) is 21.0 Å². The van der Waals surface area contributed by atoms with Crippen molar-refractivity contribution in [2.45, 2.75) is 39.2 Å². The number of carbonyl (C=O) groups is 3. The van der Waals surface area contributed by atoms with Crippen LogP contribution < -0.4 is 21.5 Å². The smallest absolute Gasteiger partial charge is 0.300 e. The predicted octanol–water partition coefficient (Wildman–Crippen LogP) is 2.95. The van der Waals surface area contributed by atoms with Gasteiger partial charge in [-0.25, -0.2) is 0 Å². The number of hydrazine groups is 1. The highest BCUT2D eigenvalue weighted by atomic mass is 16.6. The second-order valence-electron chi connectivity index (χ2n) is 9.66. The van der Waals surface area contributed by atoms with E-state index in [4.69, 9.17) is 0 Å². The minimum atomic E-state index is -0.893. The Morgan fingerprint density at radius 3 is 2.38 bits per heavy atom. The molecular weight excluding hydrogens is 522 g/mol. The Kier molecular flexibility index (Phi) is 9.73. The first kappa shape index (κ1) is 29.5. The summed E-state index contributed by atoms with van der Waals surface area (Å²) in [5.41, 5.74) is 5.23. The van der Waals surface area contributed by atoms with Gasteiger partial charge in [-0.3, -0.25) is 45.5 Å². The van der Waals surface area contributed by atoms with Crippen molar-refractivity contribution in [1.29, 1.82) is 0 Å². The number of para-hydroxylation sites is 1. The van der Waals surface area contributed by atoms with E-state index >= 15 is 0 Å². The van der Waals surface area contributed by atoms with E-state index in [-0.39, 0.29) is 24.4 Å². The highest BCUT2D eigenvalue weighted by Gasteiger charge is 2.29. The first-order chi connectivity index (χ1) is 19.0. The third-order valence-electron chi connectivity index (χ3n) is 6.26. The fraction of sp³-hybridized carbons (Fsp3) is 0.346. The number of nitrogens with zero attached hydrogens (tertiary/aromatic N) is 2. The van der Waals surface area contributed by atoms with Crippen LogP contribution in [0, 0.1) is 32.1 Å². The summed E-state index contributed by atoms with van der Waals surface area (Å²) >= 11 is 0. The molecule has 2 atom stereocenters. The van der Waals surface area contributed by atoms with Crippen LogP contribution >= 0.6 is 0 Å². The minimum Gasteiger partial charge on any atom is -0.361 e. The maximum Gasteiger partial charge on any atom is 0.300 e. The number of non-ortho nitro benzene ring substituents is 1. The second-order valence-corrected chi connectivity index (χ2v) is 9.66. The number of carbonyl (C=O) groups excluding carboxylic acids is 3. The van der Waals surface area contributed by atoms with Crippen molar-refractivity contribution >= 4 is 45.7 Å². The molecule has 0 fully saturated rings. The van der Waals surface area contributed by atoms with E-state index in [1.807, 2.05) is 38.1 Å². The number of hydrogen-bond donors (Lipinski definition) is 5. The van der Waals surface area contributed by atoms with Gasteiger partial charge in [0.1, 0.15) is 11.7 Å². The quantitative estimate of drug-likeness (QED) is 0.157. The molecule has 0 saturated heterocycles. The average Bonchev–Trinajstić information content (AvgIpc) is 3.32. The Balaban J connectivity index is 1.71. The van der Waals surface area contributed by atoms with Crippen LogP contribution in [0.3, 0.4) is 0 Å². The molecule has 3 rings (SSSR count). The summed E-state index contributed by atoms with van der Waals surface area (Å²) in [7, 11) is 1.47. The first-order valence-corrected chi connectivity index (χ1v) is 12.5. The van der Waals surface area contributed by atoms with Crippen LogP contribution in [0.2, 0.25) is 0 Å². The number of H-pyrrole nitrogens is 1. The molecule has 0 aliphatic rings. The number of rotatable bonds is 13. The third-order valence-corrected chi connectivity index (χ3v) is 6.26. The molecule has 14 heteroatoms. The summed E-state index contributed by atoms with van der Waals surface area (Å²) in [6, 6.07) is 9.63. The van der Waals surface area contributed by atoms with Crippen LogP contribution in [0.15, 0.2) is 48.7 Å². The van der Waals surface area contributed by atoms with Crippen molar-refractivity contribution in [3.8, 4) is 0 Å². The number of anilines is 1.